The van der Waals surface area contributed by atoms with E-state index in [1.165, 1.54) is 5.56 Å². The number of benzene rings is 1. The van der Waals surface area contributed by atoms with Crippen LogP contribution < -0.4 is 5.56 Å². The van der Waals surface area contributed by atoms with Crippen LogP contribution in [0.4, 0.5) is 0 Å². The van der Waals surface area contributed by atoms with Crippen LogP contribution in [-0.4, -0.2) is 9.78 Å². The molecule has 0 saturated carbocycles. The zero-order valence-electron chi connectivity index (χ0n) is 12.4. The summed E-state index contributed by atoms with van der Waals surface area (Å²) in [6.07, 6.45) is 0. The van der Waals surface area contributed by atoms with Gasteiger partial charge in [-0.15, -0.1) is 0 Å². The van der Waals surface area contributed by atoms with Crippen LogP contribution in [-0.2, 0) is 12.0 Å². The number of aryl methyl sites for hydroxylation is 2. The van der Waals surface area contributed by atoms with E-state index in [4.69, 9.17) is 0 Å². The Morgan fingerprint density at radius 2 is 1.74 bits per heavy atom. The third-order valence-corrected chi connectivity index (χ3v) is 3.36. The SMILES string of the molecule is CCn1[nH]c(-c2ccc(C)cc2)c(C(C)(C)C)c1=O. The molecule has 0 radical (unpaired) electrons. The zero-order chi connectivity index (χ0) is 14.2. The maximum Gasteiger partial charge on any atom is 0.270 e. The summed E-state index contributed by atoms with van der Waals surface area (Å²) in [4.78, 5) is 12.4. The van der Waals surface area contributed by atoms with E-state index in [0.29, 0.717) is 6.54 Å². The first-order chi connectivity index (χ1) is 8.84. The van der Waals surface area contributed by atoms with Gasteiger partial charge in [-0.1, -0.05) is 50.6 Å². The van der Waals surface area contributed by atoms with Crippen LogP contribution >= 0.6 is 0 Å². The van der Waals surface area contributed by atoms with Crippen molar-refractivity contribution in [2.45, 2.75) is 46.6 Å². The highest BCUT2D eigenvalue weighted by Crippen LogP contribution is 2.29. The molecular weight excluding hydrogens is 236 g/mol. The van der Waals surface area contributed by atoms with Gasteiger partial charge in [0.05, 0.1) is 5.69 Å². The molecular formula is C16H22N2O. The van der Waals surface area contributed by atoms with Gasteiger partial charge in [0.15, 0.2) is 0 Å². The van der Waals surface area contributed by atoms with E-state index in [0.717, 1.165) is 16.8 Å². The molecule has 0 saturated heterocycles. The maximum absolute atomic E-state index is 12.4. The second-order valence-electron chi connectivity index (χ2n) is 6.03. The average Bonchev–Trinajstić information content (AvgIpc) is 2.67. The first kappa shape index (κ1) is 13.7. The summed E-state index contributed by atoms with van der Waals surface area (Å²) in [6.45, 7) is 10.9. The molecule has 1 aromatic heterocycles. The third-order valence-electron chi connectivity index (χ3n) is 3.36. The van der Waals surface area contributed by atoms with E-state index >= 15 is 0 Å². The van der Waals surface area contributed by atoms with Crippen molar-refractivity contribution in [1.82, 2.24) is 9.78 Å². The zero-order valence-corrected chi connectivity index (χ0v) is 12.4. The van der Waals surface area contributed by atoms with Crippen molar-refractivity contribution < 1.29 is 0 Å². The fraction of sp³-hybridized carbons (Fsp3) is 0.438. The molecule has 0 atom stereocenters. The molecule has 0 unspecified atom stereocenters. The summed E-state index contributed by atoms with van der Waals surface area (Å²) in [7, 11) is 0. The summed E-state index contributed by atoms with van der Waals surface area (Å²) in [5, 5.41) is 3.25. The van der Waals surface area contributed by atoms with Gasteiger partial charge in [0.25, 0.3) is 5.56 Å². The largest absolute Gasteiger partial charge is 0.295 e. The van der Waals surface area contributed by atoms with Crippen LogP contribution in [0.5, 0.6) is 0 Å². The molecule has 3 nitrogen and oxygen atoms in total. The molecule has 1 N–H and O–H groups in total. The van der Waals surface area contributed by atoms with E-state index in [1.807, 2.05) is 6.92 Å². The van der Waals surface area contributed by atoms with Gasteiger partial charge in [-0.05, 0) is 24.8 Å². The Labute approximate surface area is 114 Å². The molecule has 0 aliphatic rings. The quantitative estimate of drug-likeness (QED) is 0.880. The van der Waals surface area contributed by atoms with Crippen LogP contribution in [0.25, 0.3) is 11.3 Å². The Morgan fingerprint density at radius 3 is 2.21 bits per heavy atom. The van der Waals surface area contributed by atoms with Gasteiger partial charge in [0.2, 0.25) is 0 Å². The minimum atomic E-state index is -0.172. The highest BCUT2D eigenvalue weighted by atomic mass is 16.1. The second-order valence-corrected chi connectivity index (χ2v) is 6.03. The van der Waals surface area contributed by atoms with Gasteiger partial charge in [-0.3, -0.25) is 14.6 Å². The van der Waals surface area contributed by atoms with Crippen LogP contribution in [0, 0.1) is 6.92 Å². The highest BCUT2D eigenvalue weighted by molar-refractivity contribution is 5.64. The Kier molecular flexibility index (Phi) is 3.40. The van der Waals surface area contributed by atoms with Crippen molar-refractivity contribution in [3.63, 3.8) is 0 Å². The van der Waals surface area contributed by atoms with Crippen molar-refractivity contribution >= 4 is 0 Å². The van der Waals surface area contributed by atoms with Gasteiger partial charge in [-0.2, -0.15) is 0 Å². The predicted molar refractivity (Wildman–Crippen MR) is 79.6 cm³/mol. The molecule has 0 aliphatic heterocycles. The molecule has 1 heterocycles. The van der Waals surface area contributed by atoms with E-state index < -0.39 is 0 Å². The topological polar surface area (TPSA) is 37.8 Å². The van der Waals surface area contributed by atoms with Crippen LogP contribution in [0.3, 0.4) is 0 Å². The van der Waals surface area contributed by atoms with E-state index in [1.54, 1.807) is 4.68 Å². The lowest BCUT2D eigenvalue weighted by molar-refractivity contribution is 0.576. The minimum Gasteiger partial charge on any atom is -0.295 e. The molecule has 19 heavy (non-hydrogen) atoms. The van der Waals surface area contributed by atoms with E-state index in [2.05, 4.69) is 57.1 Å². The van der Waals surface area contributed by atoms with Gasteiger partial charge >= 0.3 is 0 Å². The number of aromatic amines is 1. The molecule has 0 aliphatic carbocycles. The minimum absolute atomic E-state index is 0.0885. The molecule has 2 rings (SSSR count). The molecule has 0 spiro atoms. The smallest absolute Gasteiger partial charge is 0.270 e. The number of H-pyrrole nitrogens is 1. The van der Waals surface area contributed by atoms with Gasteiger partial charge in [0.1, 0.15) is 0 Å². The van der Waals surface area contributed by atoms with Crippen molar-refractivity contribution in [2.24, 2.45) is 0 Å². The second kappa shape index (κ2) is 4.72. The number of hydrogen-bond acceptors (Lipinski definition) is 1. The summed E-state index contributed by atoms with van der Waals surface area (Å²) in [6, 6.07) is 8.28. The monoisotopic (exact) mass is 258 g/mol. The summed E-state index contributed by atoms with van der Waals surface area (Å²) in [5.41, 5.74) is 4.01. The average molecular weight is 258 g/mol. The summed E-state index contributed by atoms with van der Waals surface area (Å²) >= 11 is 0. The number of nitrogens with zero attached hydrogens (tertiary/aromatic N) is 1. The standard InChI is InChI=1S/C16H22N2O/c1-6-18-15(19)13(16(3,4)5)14(17-18)12-9-7-11(2)8-10-12/h7-10,17H,6H2,1-5H3. The van der Waals surface area contributed by atoms with Gasteiger partial charge in [0, 0.05) is 12.1 Å². The lowest BCUT2D eigenvalue weighted by atomic mass is 9.85. The van der Waals surface area contributed by atoms with Crippen molar-refractivity contribution in [1.29, 1.82) is 0 Å². The Bertz CT molecular complexity index is 624. The molecule has 0 bridgehead atoms. The van der Waals surface area contributed by atoms with E-state index in [-0.39, 0.29) is 11.0 Å². The number of aromatic nitrogens is 2. The van der Waals surface area contributed by atoms with Crippen molar-refractivity contribution in [3.05, 3.63) is 45.7 Å². The van der Waals surface area contributed by atoms with Gasteiger partial charge in [-0.25, -0.2) is 0 Å². The molecule has 0 amide bonds. The Balaban J connectivity index is 2.69. The first-order valence-corrected chi connectivity index (χ1v) is 6.75. The van der Waals surface area contributed by atoms with Crippen molar-refractivity contribution in [2.75, 3.05) is 0 Å². The maximum atomic E-state index is 12.4. The fourth-order valence-corrected chi connectivity index (χ4v) is 2.33. The summed E-state index contributed by atoms with van der Waals surface area (Å²) < 4.78 is 1.68. The number of rotatable bonds is 2. The Hall–Kier alpha value is -1.77. The molecule has 0 fully saturated rings. The fourth-order valence-electron chi connectivity index (χ4n) is 2.33. The molecule has 3 heteroatoms. The predicted octanol–water partition coefficient (Wildman–Crippen LogP) is 3.47. The first-order valence-electron chi connectivity index (χ1n) is 6.75. The lowest BCUT2D eigenvalue weighted by Crippen LogP contribution is -2.25. The highest BCUT2D eigenvalue weighted by Gasteiger charge is 2.26. The van der Waals surface area contributed by atoms with Crippen molar-refractivity contribution in [3.8, 4) is 11.3 Å². The molecule has 2 aromatic rings. The number of hydrogen-bond donors (Lipinski definition) is 1. The van der Waals surface area contributed by atoms with Crippen LogP contribution in [0.1, 0.15) is 38.8 Å². The van der Waals surface area contributed by atoms with Gasteiger partial charge < -0.3 is 0 Å². The lowest BCUT2D eigenvalue weighted by Gasteiger charge is -2.17. The number of nitrogens with one attached hydrogen (secondary N) is 1. The third kappa shape index (κ3) is 2.50. The molecule has 102 valence electrons. The summed E-state index contributed by atoms with van der Waals surface area (Å²) in [5.74, 6) is 0. The molecule has 1 aromatic carbocycles. The normalized spacial score (nSPS) is 11.8. The van der Waals surface area contributed by atoms with Crippen LogP contribution in [0.15, 0.2) is 29.1 Å². The van der Waals surface area contributed by atoms with E-state index in [9.17, 15) is 4.79 Å². The van der Waals surface area contributed by atoms with Crippen LogP contribution in [0.2, 0.25) is 0 Å². The Morgan fingerprint density at radius 1 is 1.16 bits per heavy atom.